The van der Waals surface area contributed by atoms with Gasteiger partial charge in [0.15, 0.2) is 6.29 Å². The highest BCUT2D eigenvalue weighted by molar-refractivity contribution is 6.33. The van der Waals surface area contributed by atoms with E-state index < -0.39 is 0 Å². The first-order chi connectivity index (χ1) is 15.9. The molecule has 0 fully saturated rings. The topological polar surface area (TPSA) is 103 Å². The van der Waals surface area contributed by atoms with Gasteiger partial charge in [-0.25, -0.2) is 0 Å². The van der Waals surface area contributed by atoms with Crippen molar-refractivity contribution >= 4 is 53.9 Å². The molecule has 0 saturated carbocycles. The zero-order chi connectivity index (χ0) is 24.0. The third-order valence-electron chi connectivity index (χ3n) is 5.12. The first kappa shape index (κ1) is 23.9. The van der Waals surface area contributed by atoms with E-state index in [-0.39, 0.29) is 12.5 Å². The summed E-state index contributed by atoms with van der Waals surface area (Å²) in [7, 11) is 4.88. The zero-order valence-corrected chi connectivity index (χ0v) is 19.3. The molecule has 0 radical (unpaired) electrons. The van der Waals surface area contributed by atoms with Crippen molar-refractivity contribution in [3.63, 3.8) is 0 Å². The molecule has 0 aliphatic carbocycles. The summed E-state index contributed by atoms with van der Waals surface area (Å²) in [5.41, 5.74) is 4.72. The minimum absolute atomic E-state index is 0.0901. The highest BCUT2D eigenvalue weighted by atomic mass is 35.5. The van der Waals surface area contributed by atoms with Gasteiger partial charge in [-0.05, 0) is 35.4 Å². The molecule has 2 N–H and O–H groups in total. The van der Waals surface area contributed by atoms with Crippen molar-refractivity contribution in [3.8, 4) is 11.1 Å². The van der Waals surface area contributed by atoms with Crippen LogP contribution in [-0.4, -0.2) is 63.2 Å². The number of nitrogens with one attached hydrogen (secondary N) is 2. The summed E-state index contributed by atoms with van der Waals surface area (Å²) in [6.07, 6.45) is 5.25. The normalized spacial score (nSPS) is 14.2. The zero-order valence-electron chi connectivity index (χ0n) is 18.6. The van der Waals surface area contributed by atoms with Crippen LogP contribution in [0.3, 0.4) is 0 Å². The predicted octanol–water partition coefficient (Wildman–Crippen LogP) is 3.26. The Hall–Kier alpha value is -3.78. The van der Waals surface area contributed by atoms with Gasteiger partial charge in [-0.2, -0.15) is 5.10 Å². The van der Waals surface area contributed by atoms with E-state index in [1.54, 1.807) is 39.5 Å². The number of carbonyl (C=O) groups excluding carboxylic acids is 3. The van der Waals surface area contributed by atoms with E-state index >= 15 is 0 Å². The number of benzene rings is 2. The number of hydrazone groups is 1. The van der Waals surface area contributed by atoms with Gasteiger partial charge in [0, 0.05) is 55.5 Å². The van der Waals surface area contributed by atoms with Gasteiger partial charge in [0.25, 0.3) is 0 Å². The van der Waals surface area contributed by atoms with Crippen molar-refractivity contribution in [1.82, 2.24) is 10.3 Å². The van der Waals surface area contributed by atoms with Crippen molar-refractivity contribution in [2.24, 2.45) is 10.1 Å². The smallest absolute Gasteiger partial charge is 0.241 e. The molecule has 170 valence electrons. The number of halogens is 1. The summed E-state index contributed by atoms with van der Waals surface area (Å²) < 4.78 is 0. The fourth-order valence-electron chi connectivity index (χ4n) is 3.34. The van der Waals surface area contributed by atoms with Gasteiger partial charge in [-0.1, -0.05) is 23.7 Å². The first-order valence-electron chi connectivity index (χ1n) is 10.2. The van der Waals surface area contributed by atoms with Gasteiger partial charge in [-0.3, -0.25) is 24.4 Å². The van der Waals surface area contributed by atoms with Gasteiger partial charge in [0.2, 0.25) is 5.91 Å². The molecule has 1 heterocycles. The van der Waals surface area contributed by atoms with Crippen LogP contribution < -0.4 is 10.6 Å². The molecule has 0 spiro atoms. The fourth-order valence-corrected chi connectivity index (χ4v) is 3.61. The number of aldehydes is 2. The average molecular weight is 466 g/mol. The lowest BCUT2D eigenvalue weighted by atomic mass is 9.98. The number of anilines is 1. The number of carbonyl (C=O) groups is 3. The third-order valence-corrected chi connectivity index (χ3v) is 5.44. The lowest BCUT2D eigenvalue weighted by molar-refractivity contribution is -0.121. The molecular formula is C24H24ClN5O3. The fraction of sp³-hybridized carbons (Fsp3) is 0.208. The van der Waals surface area contributed by atoms with E-state index in [9.17, 15) is 14.4 Å². The maximum absolute atomic E-state index is 11.5. The Morgan fingerprint density at radius 3 is 2.64 bits per heavy atom. The van der Waals surface area contributed by atoms with E-state index in [4.69, 9.17) is 11.6 Å². The number of amides is 1. The molecule has 1 amide bonds. The van der Waals surface area contributed by atoms with Crippen LogP contribution in [0.1, 0.15) is 27.9 Å². The molecule has 3 rings (SSSR count). The van der Waals surface area contributed by atoms with Gasteiger partial charge >= 0.3 is 0 Å². The Balaban J connectivity index is 2.01. The molecule has 2 aromatic rings. The molecule has 0 bridgehead atoms. The minimum atomic E-state index is -0.173. The largest absolute Gasteiger partial charge is 0.358 e. The highest BCUT2D eigenvalue weighted by Gasteiger charge is 2.17. The lowest BCUT2D eigenvalue weighted by Crippen LogP contribution is -2.30. The Morgan fingerprint density at radius 1 is 1.18 bits per heavy atom. The molecule has 2 aromatic carbocycles. The van der Waals surface area contributed by atoms with Crippen LogP contribution in [-0.2, 0) is 9.59 Å². The second-order valence-electron chi connectivity index (χ2n) is 7.42. The van der Waals surface area contributed by atoms with Crippen molar-refractivity contribution in [2.75, 3.05) is 33.0 Å². The summed E-state index contributed by atoms with van der Waals surface area (Å²) in [6.45, 7) is 0.0901. The molecular weight excluding hydrogens is 442 g/mol. The van der Waals surface area contributed by atoms with E-state index in [1.165, 1.54) is 5.01 Å². The van der Waals surface area contributed by atoms with Crippen molar-refractivity contribution < 1.29 is 14.4 Å². The van der Waals surface area contributed by atoms with Crippen LogP contribution in [0, 0.1) is 0 Å². The monoisotopic (exact) mass is 465 g/mol. The van der Waals surface area contributed by atoms with Gasteiger partial charge in [-0.15, -0.1) is 0 Å². The Labute approximate surface area is 197 Å². The summed E-state index contributed by atoms with van der Waals surface area (Å²) in [5, 5.41) is 12.0. The Morgan fingerprint density at radius 2 is 1.97 bits per heavy atom. The summed E-state index contributed by atoms with van der Waals surface area (Å²) in [4.78, 5) is 38.7. The number of rotatable bonds is 7. The number of hydrogen-bond donors (Lipinski definition) is 2. The van der Waals surface area contributed by atoms with Crippen LogP contribution >= 0.6 is 11.6 Å². The molecule has 1 aliphatic heterocycles. The van der Waals surface area contributed by atoms with Crippen LogP contribution in [0.2, 0.25) is 5.02 Å². The van der Waals surface area contributed by atoms with Crippen molar-refractivity contribution in [3.05, 3.63) is 57.6 Å². The minimum Gasteiger partial charge on any atom is -0.358 e. The number of fused-ring (bicyclic) bond motifs is 1. The standard InChI is InChI=1S/C24H24ClN5O3/c1-26-23-7-15(13-31)6-20-21(25)9-18(10-22(20)29-23)16-4-5-17(14-32)19(8-16)11-28-30(3)12-24(33)27-2/h4-6,8-11,13-14H,7,12H2,1-3H3,(H,26,29)(H,27,33)/b28-11-. The number of hydrogen-bond acceptors (Lipinski definition) is 6. The summed E-state index contributed by atoms with van der Waals surface area (Å²) >= 11 is 6.58. The molecule has 0 aromatic heterocycles. The lowest BCUT2D eigenvalue weighted by Gasteiger charge is -2.14. The molecule has 0 unspecified atom stereocenters. The Bertz CT molecular complexity index is 1190. The van der Waals surface area contributed by atoms with E-state index in [1.807, 2.05) is 24.3 Å². The van der Waals surface area contributed by atoms with Gasteiger partial charge in [0.1, 0.15) is 18.7 Å². The maximum atomic E-state index is 11.5. The first-order valence-corrected chi connectivity index (χ1v) is 10.5. The van der Waals surface area contributed by atoms with E-state index in [2.05, 4.69) is 20.7 Å². The van der Waals surface area contributed by atoms with Crippen LogP contribution in [0.25, 0.3) is 17.2 Å². The second-order valence-corrected chi connectivity index (χ2v) is 7.83. The number of likely N-dealkylation sites (N-methyl/N-ethyl adjacent to an activating group) is 2. The van der Waals surface area contributed by atoms with E-state index in [0.717, 1.165) is 29.4 Å². The molecule has 8 nitrogen and oxygen atoms in total. The highest BCUT2D eigenvalue weighted by Crippen LogP contribution is 2.35. The van der Waals surface area contributed by atoms with Crippen LogP contribution in [0.4, 0.5) is 5.69 Å². The van der Waals surface area contributed by atoms with Gasteiger partial charge < -0.3 is 10.6 Å². The third kappa shape index (κ3) is 5.72. The summed E-state index contributed by atoms with van der Waals surface area (Å²) in [6, 6.07) is 9.09. The second kappa shape index (κ2) is 10.7. The number of nitrogens with zero attached hydrogens (tertiary/aromatic N) is 3. The molecule has 0 saturated heterocycles. The number of aliphatic imine (C=N–C) groups is 1. The van der Waals surface area contributed by atoms with Crippen molar-refractivity contribution in [1.29, 1.82) is 0 Å². The number of amidine groups is 1. The molecule has 1 aliphatic rings. The molecule has 0 atom stereocenters. The predicted molar refractivity (Wildman–Crippen MR) is 132 cm³/mol. The van der Waals surface area contributed by atoms with Crippen LogP contribution in [0.5, 0.6) is 0 Å². The Kier molecular flexibility index (Phi) is 7.74. The maximum Gasteiger partial charge on any atom is 0.241 e. The van der Waals surface area contributed by atoms with Crippen LogP contribution in [0.15, 0.2) is 46.0 Å². The summed E-state index contributed by atoms with van der Waals surface area (Å²) in [5.74, 6) is 0.483. The van der Waals surface area contributed by atoms with Crippen molar-refractivity contribution in [2.45, 2.75) is 6.42 Å². The quantitative estimate of drug-likeness (QED) is 0.371. The average Bonchev–Trinajstić information content (AvgIpc) is 3.01. The molecule has 9 heteroatoms. The van der Waals surface area contributed by atoms with Gasteiger partial charge in [0.05, 0.1) is 11.2 Å². The van der Waals surface area contributed by atoms with E-state index in [0.29, 0.717) is 39.5 Å². The molecule has 33 heavy (non-hydrogen) atoms. The SMILES string of the molecule is CN=C1CC(C=O)=Cc2c(Cl)cc(-c3ccc(C=O)c(/C=N\N(C)CC(=O)NC)c3)cc2N1.